The molecule has 1 fully saturated rings. The van der Waals surface area contributed by atoms with Gasteiger partial charge in [0.2, 0.25) is 0 Å². The van der Waals surface area contributed by atoms with Crippen molar-refractivity contribution in [1.29, 1.82) is 0 Å². The van der Waals surface area contributed by atoms with Crippen molar-refractivity contribution in [3.63, 3.8) is 0 Å². The lowest BCUT2D eigenvalue weighted by molar-refractivity contribution is -0.113. The summed E-state index contributed by atoms with van der Waals surface area (Å²) < 4.78 is 28.0. The normalized spacial score (nSPS) is 15.5. The second kappa shape index (κ2) is 7.02. The molecular formula is C20H12F2N2OS2. The molecule has 0 spiro atoms. The Morgan fingerprint density at radius 3 is 2.41 bits per heavy atom. The first-order valence-electron chi connectivity index (χ1n) is 8.01. The van der Waals surface area contributed by atoms with Crippen LogP contribution in [0.3, 0.4) is 0 Å². The number of rotatable bonds is 3. The average molecular weight is 398 g/mol. The molecule has 3 aromatic rings. The minimum atomic E-state index is -0.533. The molecule has 0 atom stereocenters. The van der Waals surface area contributed by atoms with Gasteiger partial charge in [-0.1, -0.05) is 30.3 Å². The summed E-state index contributed by atoms with van der Waals surface area (Å²) in [6.07, 6.45) is 1.63. The van der Waals surface area contributed by atoms with Crippen LogP contribution in [0.4, 0.5) is 14.5 Å². The van der Waals surface area contributed by atoms with Gasteiger partial charge < -0.3 is 5.32 Å². The number of benzene rings is 2. The van der Waals surface area contributed by atoms with E-state index < -0.39 is 11.7 Å². The Morgan fingerprint density at radius 1 is 0.963 bits per heavy atom. The summed E-state index contributed by atoms with van der Waals surface area (Å²) in [6.45, 7) is 0. The highest BCUT2D eigenvalue weighted by molar-refractivity contribution is 7.80. The minimum Gasteiger partial charge on any atom is -0.327 e. The largest absolute Gasteiger partial charge is 0.327 e. The zero-order valence-corrected chi connectivity index (χ0v) is 15.4. The van der Waals surface area contributed by atoms with E-state index in [4.69, 9.17) is 12.2 Å². The van der Waals surface area contributed by atoms with Crippen molar-refractivity contribution in [2.24, 2.45) is 0 Å². The lowest BCUT2D eigenvalue weighted by Gasteiger charge is -2.14. The molecule has 3 nitrogen and oxygen atoms in total. The van der Waals surface area contributed by atoms with Gasteiger partial charge in [0, 0.05) is 15.3 Å². The van der Waals surface area contributed by atoms with Crippen LogP contribution in [0.25, 0.3) is 16.5 Å². The SMILES string of the molecule is O=C1/C(=C\c2ccc(-c3ccccc3F)s2)NC(=S)N1c1ccccc1F. The lowest BCUT2D eigenvalue weighted by Crippen LogP contribution is -2.31. The van der Waals surface area contributed by atoms with Gasteiger partial charge in [-0.15, -0.1) is 11.3 Å². The number of hydrogen-bond acceptors (Lipinski definition) is 3. The number of thiophene rings is 1. The van der Waals surface area contributed by atoms with Crippen LogP contribution in [0.15, 0.2) is 66.4 Å². The fourth-order valence-electron chi connectivity index (χ4n) is 2.77. The van der Waals surface area contributed by atoms with Crippen molar-refractivity contribution >= 4 is 46.3 Å². The van der Waals surface area contributed by atoms with Crippen LogP contribution in [0.1, 0.15) is 4.88 Å². The molecule has 1 aromatic heterocycles. The zero-order chi connectivity index (χ0) is 19.0. The molecule has 0 saturated carbocycles. The van der Waals surface area contributed by atoms with Crippen molar-refractivity contribution in [2.75, 3.05) is 4.90 Å². The van der Waals surface area contributed by atoms with Gasteiger partial charge in [0.1, 0.15) is 17.3 Å². The van der Waals surface area contributed by atoms with Gasteiger partial charge in [-0.05, 0) is 48.6 Å². The molecule has 1 N–H and O–H groups in total. The molecule has 2 aromatic carbocycles. The monoisotopic (exact) mass is 398 g/mol. The van der Waals surface area contributed by atoms with Crippen LogP contribution >= 0.6 is 23.6 Å². The summed E-state index contributed by atoms with van der Waals surface area (Å²) in [4.78, 5) is 15.3. The van der Waals surface area contributed by atoms with Gasteiger partial charge in [0.15, 0.2) is 5.11 Å². The predicted molar refractivity (Wildman–Crippen MR) is 107 cm³/mol. The molecule has 0 unspecified atom stereocenters. The van der Waals surface area contributed by atoms with Crippen LogP contribution in [0.2, 0.25) is 0 Å². The van der Waals surface area contributed by atoms with E-state index >= 15 is 0 Å². The molecule has 1 aliphatic rings. The van der Waals surface area contributed by atoms with Crippen molar-refractivity contribution in [3.05, 3.63) is 82.9 Å². The molecule has 1 amide bonds. The maximum Gasteiger partial charge on any atom is 0.281 e. The molecule has 27 heavy (non-hydrogen) atoms. The molecule has 0 bridgehead atoms. The second-order valence-corrected chi connectivity index (χ2v) is 7.26. The van der Waals surface area contributed by atoms with E-state index in [9.17, 15) is 13.6 Å². The Labute approximate surface area is 163 Å². The zero-order valence-electron chi connectivity index (χ0n) is 13.8. The molecule has 0 radical (unpaired) electrons. The number of amides is 1. The summed E-state index contributed by atoms with van der Waals surface area (Å²) in [5.74, 6) is -1.28. The predicted octanol–water partition coefficient (Wildman–Crippen LogP) is 4.96. The van der Waals surface area contributed by atoms with E-state index in [1.54, 1.807) is 48.5 Å². The molecule has 134 valence electrons. The number of nitrogens with one attached hydrogen (secondary N) is 1. The van der Waals surface area contributed by atoms with Crippen molar-refractivity contribution < 1.29 is 13.6 Å². The number of thiocarbonyl (C=S) groups is 1. The first-order chi connectivity index (χ1) is 13.0. The summed E-state index contributed by atoms with van der Waals surface area (Å²) in [7, 11) is 0. The van der Waals surface area contributed by atoms with E-state index in [2.05, 4.69) is 5.32 Å². The maximum atomic E-state index is 14.0. The third-order valence-electron chi connectivity index (χ3n) is 4.02. The summed E-state index contributed by atoms with van der Waals surface area (Å²) in [5.41, 5.74) is 0.841. The Balaban J connectivity index is 1.64. The summed E-state index contributed by atoms with van der Waals surface area (Å²) >= 11 is 6.54. The highest BCUT2D eigenvalue weighted by Gasteiger charge is 2.33. The smallest absolute Gasteiger partial charge is 0.281 e. The third kappa shape index (κ3) is 3.27. The molecule has 7 heteroatoms. The molecule has 0 aliphatic carbocycles. The molecule has 4 rings (SSSR count). The quantitative estimate of drug-likeness (QED) is 0.500. The molecular weight excluding hydrogens is 386 g/mol. The third-order valence-corrected chi connectivity index (χ3v) is 5.37. The van der Waals surface area contributed by atoms with Crippen LogP contribution in [-0.2, 0) is 4.79 Å². The molecule has 1 aliphatic heterocycles. The van der Waals surface area contributed by atoms with Gasteiger partial charge in [0.05, 0.1) is 5.69 Å². The topological polar surface area (TPSA) is 32.3 Å². The Bertz CT molecular complexity index is 1090. The van der Waals surface area contributed by atoms with Crippen LogP contribution in [0, 0.1) is 11.6 Å². The first-order valence-corrected chi connectivity index (χ1v) is 9.23. The van der Waals surface area contributed by atoms with Gasteiger partial charge in [-0.2, -0.15) is 0 Å². The van der Waals surface area contributed by atoms with E-state index in [0.29, 0.717) is 5.56 Å². The number of nitrogens with zero attached hydrogens (tertiary/aromatic N) is 1. The van der Waals surface area contributed by atoms with E-state index in [-0.39, 0.29) is 22.3 Å². The Kier molecular flexibility index (Phi) is 4.55. The van der Waals surface area contributed by atoms with E-state index in [1.807, 2.05) is 0 Å². The minimum absolute atomic E-state index is 0.0987. The lowest BCUT2D eigenvalue weighted by atomic mass is 10.2. The van der Waals surface area contributed by atoms with E-state index in [0.717, 1.165) is 14.7 Å². The number of para-hydroxylation sites is 1. The van der Waals surface area contributed by atoms with Crippen molar-refractivity contribution in [2.45, 2.75) is 0 Å². The highest BCUT2D eigenvalue weighted by atomic mass is 32.1. The van der Waals surface area contributed by atoms with Gasteiger partial charge in [-0.25, -0.2) is 13.7 Å². The fourth-order valence-corrected chi connectivity index (χ4v) is 4.03. The summed E-state index contributed by atoms with van der Waals surface area (Å²) in [5, 5.41) is 2.94. The average Bonchev–Trinajstić information content (AvgIpc) is 3.21. The number of halogens is 2. The summed E-state index contributed by atoms with van der Waals surface area (Å²) in [6, 6.07) is 16.0. The number of hydrogen-bond donors (Lipinski definition) is 1. The standard InChI is InChI=1S/C20H12F2N2OS2/c21-14-6-2-1-5-13(14)18-10-9-12(27-18)11-16-19(25)24(20(26)23-16)17-8-4-3-7-15(17)22/h1-11H,(H,23,26)/b16-11+. The van der Waals surface area contributed by atoms with Gasteiger partial charge in [0.25, 0.3) is 5.91 Å². The van der Waals surface area contributed by atoms with Crippen LogP contribution in [0.5, 0.6) is 0 Å². The second-order valence-electron chi connectivity index (χ2n) is 5.76. The van der Waals surface area contributed by atoms with Gasteiger partial charge >= 0.3 is 0 Å². The highest BCUT2D eigenvalue weighted by Crippen LogP contribution is 2.32. The van der Waals surface area contributed by atoms with Crippen molar-refractivity contribution in [3.8, 4) is 10.4 Å². The fraction of sp³-hybridized carbons (Fsp3) is 0. The number of carbonyl (C=O) groups excluding carboxylic acids is 1. The number of anilines is 1. The maximum absolute atomic E-state index is 14.0. The van der Waals surface area contributed by atoms with Crippen molar-refractivity contribution in [1.82, 2.24) is 5.32 Å². The molecule has 1 saturated heterocycles. The first kappa shape index (κ1) is 17.5. The Hall–Kier alpha value is -2.90. The van der Waals surface area contributed by atoms with Crippen LogP contribution < -0.4 is 10.2 Å². The Morgan fingerprint density at radius 2 is 1.67 bits per heavy atom. The number of carbonyl (C=O) groups is 1. The van der Waals surface area contributed by atoms with E-state index in [1.165, 1.54) is 29.5 Å². The molecule has 2 heterocycles. The van der Waals surface area contributed by atoms with Gasteiger partial charge in [-0.3, -0.25) is 4.79 Å². The van der Waals surface area contributed by atoms with Crippen LogP contribution in [-0.4, -0.2) is 11.0 Å².